The Kier molecular flexibility index (Phi) is 4.00. The highest BCUT2D eigenvalue weighted by atomic mass is 16.5. The summed E-state index contributed by atoms with van der Waals surface area (Å²) < 4.78 is 10.8. The van der Waals surface area contributed by atoms with Gasteiger partial charge < -0.3 is 19.7 Å². The van der Waals surface area contributed by atoms with Crippen LogP contribution in [0, 0.1) is 0 Å². The van der Waals surface area contributed by atoms with Crippen molar-refractivity contribution in [2.45, 2.75) is 11.8 Å². The van der Waals surface area contributed by atoms with E-state index < -0.39 is 11.4 Å². The highest BCUT2D eigenvalue weighted by molar-refractivity contribution is 5.81. The predicted molar refractivity (Wildman–Crippen MR) is 99.3 cm³/mol. The Hall–Kier alpha value is -3.47. The average molecular weight is 362 g/mol. The van der Waals surface area contributed by atoms with Crippen molar-refractivity contribution in [1.82, 2.24) is 0 Å². The standard InChI is InChI=1S/C22H18O5/c1-26-18-8-9-19-20(12-18)27-21(25)13-22(19,14-4-2-6-16(23)10-14)15-5-3-7-17(24)11-15/h2-12,23-24H,13H2,1H3. The maximum atomic E-state index is 12.6. The molecule has 1 heterocycles. The molecule has 0 fully saturated rings. The molecule has 0 atom stereocenters. The lowest BCUT2D eigenvalue weighted by Gasteiger charge is -2.39. The van der Waals surface area contributed by atoms with Gasteiger partial charge in [0.2, 0.25) is 0 Å². The molecule has 0 saturated heterocycles. The number of aromatic hydroxyl groups is 2. The van der Waals surface area contributed by atoms with Crippen molar-refractivity contribution in [1.29, 1.82) is 0 Å². The topological polar surface area (TPSA) is 76.0 Å². The van der Waals surface area contributed by atoms with Crippen LogP contribution in [0.4, 0.5) is 0 Å². The Balaban J connectivity index is 2.07. The van der Waals surface area contributed by atoms with Gasteiger partial charge in [-0.25, -0.2) is 0 Å². The Labute approximate surface area is 156 Å². The van der Waals surface area contributed by atoms with E-state index in [2.05, 4.69) is 0 Å². The van der Waals surface area contributed by atoms with Crippen LogP contribution in [0.5, 0.6) is 23.0 Å². The molecule has 3 aromatic rings. The number of carbonyl (C=O) groups excluding carboxylic acids is 1. The van der Waals surface area contributed by atoms with Crippen LogP contribution < -0.4 is 9.47 Å². The highest BCUT2D eigenvalue weighted by Crippen LogP contribution is 2.50. The number of rotatable bonds is 3. The zero-order valence-electron chi connectivity index (χ0n) is 14.7. The minimum absolute atomic E-state index is 0.0409. The number of hydrogen-bond acceptors (Lipinski definition) is 5. The molecule has 0 bridgehead atoms. The number of methoxy groups -OCH3 is 1. The van der Waals surface area contributed by atoms with E-state index in [0.717, 1.165) is 16.7 Å². The van der Waals surface area contributed by atoms with Gasteiger partial charge in [-0.2, -0.15) is 0 Å². The molecular weight excluding hydrogens is 344 g/mol. The van der Waals surface area contributed by atoms with Crippen LogP contribution >= 0.6 is 0 Å². The van der Waals surface area contributed by atoms with E-state index in [9.17, 15) is 15.0 Å². The molecule has 0 amide bonds. The summed E-state index contributed by atoms with van der Waals surface area (Å²) in [7, 11) is 1.55. The van der Waals surface area contributed by atoms with E-state index in [1.165, 1.54) is 0 Å². The third-order valence-electron chi connectivity index (χ3n) is 4.96. The van der Waals surface area contributed by atoms with E-state index in [1.54, 1.807) is 55.6 Å². The van der Waals surface area contributed by atoms with Crippen molar-refractivity contribution in [2.24, 2.45) is 0 Å². The quantitative estimate of drug-likeness (QED) is 0.548. The lowest BCUT2D eigenvalue weighted by atomic mass is 9.66. The van der Waals surface area contributed by atoms with Gasteiger partial charge in [-0.05, 0) is 41.5 Å². The number of fused-ring (bicyclic) bond motifs is 1. The molecule has 1 aliphatic rings. The molecule has 5 nitrogen and oxygen atoms in total. The SMILES string of the molecule is COc1ccc2c(c1)OC(=O)CC2(c1cccc(O)c1)c1cccc(O)c1. The molecular formula is C22H18O5. The van der Waals surface area contributed by atoms with Crippen LogP contribution in [0.2, 0.25) is 0 Å². The summed E-state index contributed by atoms with van der Waals surface area (Å²) in [5, 5.41) is 20.1. The zero-order valence-corrected chi connectivity index (χ0v) is 14.7. The molecule has 0 saturated carbocycles. The van der Waals surface area contributed by atoms with Gasteiger partial charge in [0.25, 0.3) is 0 Å². The number of benzene rings is 3. The monoisotopic (exact) mass is 362 g/mol. The van der Waals surface area contributed by atoms with Gasteiger partial charge in [0.1, 0.15) is 23.0 Å². The molecule has 0 unspecified atom stereocenters. The van der Waals surface area contributed by atoms with Crippen molar-refractivity contribution in [2.75, 3.05) is 7.11 Å². The second-order valence-electron chi connectivity index (χ2n) is 6.52. The van der Waals surface area contributed by atoms with Crippen LogP contribution in [0.15, 0.2) is 66.7 Å². The smallest absolute Gasteiger partial charge is 0.312 e. The minimum Gasteiger partial charge on any atom is -0.508 e. The Morgan fingerprint density at radius 2 is 1.56 bits per heavy atom. The molecule has 5 heteroatoms. The van der Waals surface area contributed by atoms with Crippen LogP contribution in [-0.2, 0) is 10.2 Å². The van der Waals surface area contributed by atoms with E-state index in [0.29, 0.717) is 11.5 Å². The first-order valence-corrected chi connectivity index (χ1v) is 8.51. The molecule has 136 valence electrons. The zero-order chi connectivity index (χ0) is 19.0. The van der Waals surface area contributed by atoms with Crippen molar-refractivity contribution in [3.63, 3.8) is 0 Å². The first-order valence-electron chi connectivity index (χ1n) is 8.51. The number of esters is 1. The first kappa shape index (κ1) is 17.0. The highest BCUT2D eigenvalue weighted by Gasteiger charge is 2.45. The van der Waals surface area contributed by atoms with E-state index in [1.807, 2.05) is 18.2 Å². The van der Waals surface area contributed by atoms with E-state index >= 15 is 0 Å². The maximum absolute atomic E-state index is 12.6. The Morgan fingerprint density at radius 3 is 2.11 bits per heavy atom. The number of hydrogen-bond donors (Lipinski definition) is 2. The average Bonchev–Trinajstić information content (AvgIpc) is 2.66. The third kappa shape index (κ3) is 2.77. The van der Waals surface area contributed by atoms with Crippen LogP contribution in [-0.4, -0.2) is 23.3 Å². The summed E-state index contributed by atoms with van der Waals surface area (Å²) in [6.07, 6.45) is 0.0409. The fourth-order valence-corrected chi connectivity index (χ4v) is 3.76. The summed E-state index contributed by atoms with van der Waals surface area (Å²) in [5.41, 5.74) is 1.32. The number of phenolic OH excluding ortho intramolecular Hbond substituents is 2. The summed E-state index contributed by atoms with van der Waals surface area (Å²) in [4.78, 5) is 12.6. The van der Waals surface area contributed by atoms with Crippen LogP contribution in [0.1, 0.15) is 23.1 Å². The van der Waals surface area contributed by atoms with Gasteiger partial charge in [-0.1, -0.05) is 30.3 Å². The van der Waals surface area contributed by atoms with E-state index in [-0.39, 0.29) is 17.9 Å². The summed E-state index contributed by atoms with van der Waals surface area (Å²) in [6.45, 7) is 0. The molecule has 1 aliphatic heterocycles. The Morgan fingerprint density at radius 1 is 0.926 bits per heavy atom. The van der Waals surface area contributed by atoms with E-state index in [4.69, 9.17) is 9.47 Å². The fraction of sp³-hybridized carbons (Fsp3) is 0.136. The molecule has 2 N–H and O–H groups in total. The molecule has 0 spiro atoms. The maximum Gasteiger partial charge on any atom is 0.312 e. The second-order valence-corrected chi connectivity index (χ2v) is 6.52. The molecule has 0 aromatic heterocycles. The molecule has 27 heavy (non-hydrogen) atoms. The van der Waals surface area contributed by atoms with Crippen molar-refractivity contribution in [3.8, 4) is 23.0 Å². The van der Waals surface area contributed by atoms with Gasteiger partial charge in [0, 0.05) is 11.6 Å². The molecule has 4 rings (SSSR count). The van der Waals surface area contributed by atoms with Gasteiger partial charge in [-0.3, -0.25) is 4.79 Å². The van der Waals surface area contributed by atoms with Gasteiger partial charge in [0.15, 0.2) is 0 Å². The number of phenols is 2. The van der Waals surface area contributed by atoms with Gasteiger partial charge >= 0.3 is 5.97 Å². The summed E-state index contributed by atoms with van der Waals surface area (Å²) in [6, 6.07) is 18.9. The lowest BCUT2D eigenvalue weighted by molar-refractivity contribution is -0.136. The molecule has 0 aliphatic carbocycles. The third-order valence-corrected chi connectivity index (χ3v) is 4.96. The normalized spacial score (nSPS) is 14.9. The van der Waals surface area contributed by atoms with Crippen LogP contribution in [0.25, 0.3) is 0 Å². The summed E-state index contributed by atoms with van der Waals surface area (Å²) in [5.74, 6) is 0.769. The lowest BCUT2D eigenvalue weighted by Crippen LogP contribution is -2.38. The predicted octanol–water partition coefficient (Wildman–Crippen LogP) is 3.75. The fourth-order valence-electron chi connectivity index (χ4n) is 3.76. The number of carbonyl (C=O) groups is 1. The van der Waals surface area contributed by atoms with Gasteiger partial charge in [-0.15, -0.1) is 0 Å². The molecule has 0 radical (unpaired) electrons. The Bertz CT molecular complexity index is 979. The summed E-state index contributed by atoms with van der Waals surface area (Å²) >= 11 is 0. The van der Waals surface area contributed by atoms with Crippen molar-refractivity contribution >= 4 is 5.97 Å². The van der Waals surface area contributed by atoms with Gasteiger partial charge in [0.05, 0.1) is 18.9 Å². The van der Waals surface area contributed by atoms with Crippen molar-refractivity contribution in [3.05, 3.63) is 83.4 Å². The largest absolute Gasteiger partial charge is 0.508 e. The van der Waals surface area contributed by atoms with Crippen molar-refractivity contribution < 1.29 is 24.5 Å². The molecule has 3 aromatic carbocycles. The minimum atomic E-state index is -0.908. The van der Waals surface area contributed by atoms with Crippen LogP contribution in [0.3, 0.4) is 0 Å². The first-order chi connectivity index (χ1) is 13.0. The second kappa shape index (κ2) is 6.36. The number of ether oxygens (including phenoxy) is 2.